The zero-order chi connectivity index (χ0) is 22.3. The first-order chi connectivity index (χ1) is 15.6. The van der Waals surface area contributed by atoms with Crippen LogP contribution in [0.3, 0.4) is 0 Å². The zero-order valence-corrected chi connectivity index (χ0v) is 19.0. The van der Waals surface area contributed by atoms with Crippen molar-refractivity contribution in [3.05, 3.63) is 64.7 Å². The van der Waals surface area contributed by atoms with Crippen LogP contribution in [0.1, 0.15) is 46.8 Å². The van der Waals surface area contributed by atoms with Gasteiger partial charge in [-0.15, -0.1) is 0 Å². The molecule has 2 aliphatic heterocycles. The van der Waals surface area contributed by atoms with Gasteiger partial charge in [0.1, 0.15) is 12.4 Å². The molecule has 172 valence electrons. The van der Waals surface area contributed by atoms with Crippen molar-refractivity contribution in [3.63, 3.8) is 0 Å². The molecule has 2 aliphatic rings. The molecule has 0 spiro atoms. The number of aromatic carboxylic acids is 1. The predicted molar refractivity (Wildman–Crippen MR) is 125 cm³/mol. The lowest BCUT2D eigenvalue weighted by atomic mass is 9.99. The zero-order valence-electron chi connectivity index (χ0n) is 19.0. The van der Waals surface area contributed by atoms with Gasteiger partial charge in [0.15, 0.2) is 0 Å². The molecule has 0 radical (unpaired) electrons. The minimum atomic E-state index is -0.922. The number of ether oxygens (including phenoxy) is 2. The highest BCUT2D eigenvalue weighted by Crippen LogP contribution is 2.25. The summed E-state index contributed by atoms with van der Waals surface area (Å²) < 4.78 is 11.9. The Morgan fingerprint density at radius 1 is 1.03 bits per heavy atom. The fourth-order valence-corrected chi connectivity index (χ4v) is 4.77. The van der Waals surface area contributed by atoms with E-state index in [1.165, 1.54) is 24.0 Å². The van der Waals surface area contributed by atoms with Crippen LogP contribution in [-0.4, -0.2) is 72.9 Å². The highest BCUT2D eigenvalue weighted by molar-refractivity contribution is 5.88. The van der Waals surface area contributed by atoms with Crippen LogP contribution >= 0.6 is 0 Å². The summed E-state index contributed by atoms with van der Waals surface area (Å²) in [6, 6.07) is 14.3. The average molecular weight is 439 g/mol. The fourth-order valence-electron chi connectivity index (χ4n) is 4.77. The molecule has 0 aliphatic carbocycles. The Labute approximate surface area is 190 Å². The van der Waals surface area contributed by atoms with Gasteiger partial charge < -0.3 is 19.5 Å². The van der Waals surface area contributed by atoms with E-state index < -0.39 is 5.97 Å². The summed E-state index contributed by atoms with van der Waals surface area (Å²) in [6.45, 7) is 9.17. The molecule has 4 rings (SSSR count). The topological polar surface area (TPSA) is 62.2 Å². The lowest BCUT2D eigenvalue weighted by molar-refractivity contribution is 0.0481. The Morgan fingerprint density at radius 3 is 2.62 bits per heavy atom. The second kappa shape index (κ2) is 10.9. The largest absolute Gasteiger partial charge is 0.491 e. The number of nitrogens with zero attached hydrogens (tertiary/aromatic N) is 2. The summed E-state index contributed by atoms with van der Waals surface area (Å²) in [7, 11) is 0. The van der Waals surface area contributed by atoms with Crippen molar-refractivity contribution >= 4 is 5.97 Å². The maximum Gasteiger partial charge on any atom is 0.335 e. The van der Waals surface area contributed by atoms with Crippen molar-refractivity contribution in [1.82, 2.24) is 9.80 Å². The van der Waals surface area contributed by atoms with Crippen molar-refractivity contribution in [3.8, 4) is 5.75 Å². The number of carbonyl (C=O) groups is 1. The second-order valence-electron chi connectivity index (χ2n) is 8.72. The van der Waals surface area contributed by atoms with Crippen LogP contribution in [0.25, 0.3) is 0 Å². The quantitative estimate of drug-likeness (QED) is 0.789. The van der Waals surface area contributed by atoms with E-state index in [0.29, 0.717) is 32.3 Å². The summed E-state index contributed by atoms with van der Waals surface area (Å²) in [4.78, 5) is 16.6. The normalized spacial score (nSPS) is 19.5. The van der Waals surface area contributed by atoms with E-state index in [1.807, 2.05) is 0 Å². The number of carboxylic acids is 1. The third-order valence-electron chi connectivity index (χ3n) is 6.61. The van der Waals surface area contributed by atoms with Crippen LogP contribution in [-0.2, 0) is 17.7 Å². The highest BCUT2D eigenvalue weighted by Gasteiger charge is 2.24. The van der Waals surface area contributed by atoms with Crippen molar-refractivity contribution in [2.75, 3.05) is 46.0 Å². The van der Waals surface area contributed by atoms with Crippen LogP contribution in [0.15, 0.2) is 42.5 Å². The number of hydrogen-bond donors (Lipinski definition) is 1. The number of hydrogen-bond acceptors (Lipinski definition) is 5. The molecule has 6 nitrogen and oxygen atoms in total. The number of benzene rings is 2. The van der Waals surface area contributed by atoms with E-state index >= 15 is 0 Å². The maximum atomic E-state index is 11.5. The first-order valence-corrected chi connectivity index (χ1v) is 11.7. The standard InChI is InChI=1S/C26H34N2O4/c1-2-27-10-8-24(9-11-27)28-12-13-31-14-15-32-25-7-6-22(26(29)30)18-23(25)17-20-4-3-5-21(16-20)19-28/h3-7,16,18,24H,2,8-15,17,19H2,1H3,(H,29,30). The van der Waals surface area contributed by atoms with Gasteiger partial charge in [0.2, 0.25) is 0 Å². The molecule has 2 aromatic rings. The molecule has 1 saturated heterocycles. The third kappa shape index (κ3) is 5.88. The number of rotatable bonds is 3. The molecule has 0 unspecified atom stereocenters. The Bertz CT molecular complexity index is 908. The second-order valence-corrected chi connectivity index (χ2v) is 8.72. The Kier molecular flexibility index (Phi) is 7.79. The highest BCUT2D eigenvalue weighted by atomic mass is 16.5. The first kappa shape index (κ1) is 22.8. The molecule has 0 aromatic heterocycles. The van der Waals surface area contributed by atoms with Gasteiger partial charge in [-0.25, -0.2) is 4.79 Å². The minimum Gasteiger partial charge on any atom is -0.491 e. The third-order valence-corrected chi connectivity index (χ3v) is 6.61. The van der Waals surface area contributed by atoms with E-state index in [9.17, 15) is 9.90 Å². The van der Waals surface area contributed by atoms with E-state index in [4.69, 9.17) is 9.47 Å². The van der Waals surface area contributed by atoms with Crippen LogP contribution in [0.4, 0.5) is 0 Å². The number of piperidine rings is 1. The van der Waals surface area contributed by atoms with Crippen LogP contribution in [0.2, 0.25) is 0 Å². The van der Waals surface area contributed by atoms with Gasteiger partial charge in [0.05, 0.1) is 18.8 Å². The summed E-state index contributed by atoms with van der Waals surface area (Å²) in [5.74, 6) is -0.195. The summed E-state index contributed by atoms with van der Waals surface area (Å²) in [6.07, 6.45) is 3.03. The van der Waals surface area contributed by atoms with Crippen molar-refractivity contribution < 1.29 is 19.4 Å². The molecule has 0 amide bonds. The van der Waals surface area contributed by atoms with E-state index in [1.54, 1.807) is 18.2 Å². The molecule has 1 N–H and O–H groups in total. The van der Waals surface area contributed by atoms with Gasteiger partial charge in [-0.2, -0.15) is 0 Å². The Hall–Kier alpha value is -2.41. The van der Waals surface area contributed by atoms with Gasteiger partial charge in [-0.3, -0.25) is 4.90 Å². The van der Waals surface area contributed by atoms with E-state index in [-0.39, 0.29) is 5.56 Å². The molecule has 32 heavy (non-hydrogen) atoms. The number of likely N-dealkylation sites (tertiary alicyclic amines) is 1. The Morgan fingerprint density at radius 2 is 1.84 bits per heavy atom. The number of fused-ring (bicyclic) bond motifs is 3. The van der Waals surface area contributed by atoms with Crippen LogP contribution in [0, 0.1) is 0 Å². The monoisotopic (exact) mass is 438 g/mol. The lowest BCUT2D eigenvalue weighted by Gasteiger charge is -2.38. The Balaban J connectivity index is 1.56. The van der Waals surface area contributed by atoms with Crippen molar-refractivity contribution in [2.24, 2.45) is 0 Å². The molecule has 1 fully saturated rings. The fraction of sp³-hybridized carbons (Fsp3) is 0.500. The van der Waals surface area contributed by atoms with Gasteiger partial charge >= 0.3 is 5.97 Å². The minimum absolute atomic E-state index is 0.283. The molecule has 2 bridgehead atoms. The van der Waals surface area contributed by atoms with Gasteiger partial charge in [0, 0.05) is 25.6 Å². The van der Waals surface area contributed by atoms with Gasteiger partial charge in [-0.05, 0) is 67.4 Å². The van der Waals surface area contributed by atoms with Gasteiger partial charge in [-0.1, -0.05) is 31.2 Å². The smallest absolute Gasteiger partial charge is 0.335 e. The van der Waals surface area contributed by atoms with Crippen LogP contribution < -0.4 is 4.74 Å². The molecule has 0 atom stereocenters. The maximum absolute atomic E-state index is 11.5. The molecule has 6 heteroatoms. The van der Waals surface area contributed by atoms with Crippen molar-refractivity contribution in [2.45, 2.75) is 38.8 Å². The lowest BCUT2D eigenvalue weighted by Crippen LogP contribution is -2.45. The summed E-state index contributed by atoms with van der Waals surface area (Å²) in [5, 5.41) is 9.42. The predicted octanol–water partition coefficient (Wildman–Crippen LogP) is 3.67. The van der Waals surface area contributed by atoms with Gasteiger partial charge in [0.25, 0.3) is 0 Å². The molecule has 2 heterocycles. The summed E-state index contributed by atoms with van der Waals surface area (Å²) >= 11 is 0. The number of carboxylic acid groups (broad SMARTS) is 1. The molecular weight excluding hydrogens is 404 g/mol. The SMILES string of the molecule is CCN1CCC(N2CCOCCOc3ccc(C(=O)O)cc3Cc3cccc(c3)C2)CC1. The molecule has 2 aromatic carbocycles. The molecule has 0 saturated carbocycles. The average Bonchev–Trinajstić information content (AvgIpc) is 2.81. The summed E-state index contributed by atoms with van der Waals surface area (Å²) in [5.41, 5.74) is 3.63. The van der Waals surface area contributed by atoms with Crippen LogP contribution in [0.5, 0.6) is 5.75 Å². The van der Waals surface area contributed by atoms with Crippen molar-refractivity contribution in [1.29, 1.82) is 0 Å². The first-order valence-electron chi connectivity index (χ1n) is 11.7. The molecular formula is C26H34N2O4. The van der Waals surface area contributed by atoms with E-state index in [0.717, 1.165) is 44.0 Å². The van der Waals surface area contributed by atoms with E-state index in [2.05, 4.69) is 41.0 Å².